The van der Waals surface area contributed by atoms with Gasteiger partial charge in [0.15, 0.2) is 5.82 Å². The standard InChI is InChI=1S/C17H27N3O3/c1-19-10-7-18-15(19)16(21)20-8-5-17(6-9-20)13-14(3-11-22-2)4-12-23-17/h7,10,14H,3-6,8-9,11-13H2,1-2H3. The molecule has 1 unspecified atom stereocenters. The number of hydrogen-bond acceptors (Lipinski definition) is 4. The van der Waals surface area contributed by atoms with E-state index in [1.807, 2.05) is 18.1 Å². The number of ether oxygens (including phenoxy) is 2. The van der Waals surface area contributed by atoms with Gasteiger partial charge in [-0.3, -0.25) is 4.79 Å². The van der Waals surface area contributed by atoms with Crippen LogP contribution in [0.2, 0.25) is 0 Å². The van der Waals surface area contributed by atoms with Crippen LogP contribution in [-0.2, 0) is 16.5 Å². The lowest BCUT2D eigenvalue weighted by Gasteiger charge is -2.46. The maximum Gasteiger partial charge on any atom is 0.289 e. The highest BCUT2D eigenvalue weighted by Gasteiger charge is 2.41. The maximum absolute atomic E-state index is 12.5. The van der Waals surface area contributed by atoms with E-state index in [1.54, 1.807) is 17.9 Å². The largest absolute Gasteiger partial charge is 0.385 e. The first-order valence-corrected chi connectivity index (χ1v) is 8.53. The molecular weight excluding hydrogens is 294 g/mol. The first-order chi connectivity index (χ1) is 11.1. The number of likely N-dealkylation sites (tertiary alicyclic amines) is 1. The SMILES string of the molecule is COCCC1CCOC2(CCN(C(=O)c3nccn3C)CC2)C1. The van der Waals surface area contributed by atoms with Crippen LogP contribution < -0.4 is 0 Å². The normalized spacial score (nSPS) is 24.1. The smallest absolute Gasteiger partial charge is 0.289 e. The summed E-state index contributed by atoms with van der Waals surface area (Å²) in [5.74, 6) is 1.23. The monoisotopic (exact) mass is 321 g/mol. The van der Waals surface area contributed by atoms with E-state index in [9.17, 15) is 4.79 Å². The van der Waals surface area contributed by atoms with Crippen molar-refractivity contribution in [2.75, 3.05) is 33.4 Å². The summed E-state index contributed by atoms with van der Waals surface area (Å²) >= 11 is 0. The van der Waals surface area contributed by atoms with Gasteiger partial charge in [0.05, 0.1) is 5.60 Å². The molecule has 6 nitrogen and oxygen atoms in total. The average molecular weight is 321 g/mol. The number of carbonyl (C=O) groups is 1. The average Bonchev–Trinajstić information content (AvgIpc) is 2.99. The summed E-state index contributed by atoms with van der Waals surface area (Å²) in [5.41, 5.74) is -0.0327. The van der Waals surface area contributed by atoms with Crippen molar-refractivity contribution in [2.24, 2.45) is 13.0 Å². The van der Waals surface area contributed by atoms with E-state index in [1.165, 1.54) is 0 Å². The fraction of sp³-hybridized carbons (Fsp3) is 0.765. The number of amides is 1. The number of hydrogen-bond donors (Lipinski definition) is 0. The Kier molecular flexibility index (Phi) is 5.02. The van der Waals surface area contributed by atoms with Crippen LogP contribution in [0, 0.1) is 5.92 Å². The molecule has 3 rings (SSSR count). The van der Waals surface area contributed by atoms with Crippen LogP contribution in [-0.4, -0.2) is 59.4 Å². The molecule has 1 aromatic rings. The summed E-state index contributed by atoms with van der Waals surface area (Å²) in [6, 6.07) is 0. The van der Waals surface area contributed by atoms with E-state index >= 15 is 0 Å². The fourth-order valence-corrected chi connectivity index (χ4v) is 3.84. The Morgan fingerprint density at radius 1 is 1.48 bits per heavy atom. The molecule has 0 radical (unpaired) electrons. The van der Waals surface area contributed by atoms with Crippen molar-refractivity contribution in [3.8, 4) is 0 Å². The quantitative estimate of drug-likeness (QED) is 0.849. The van der Waals surface area contributed by atoms with Gasteiger partial charge in [-0.05, 0) is 38.0 Å². The Morgan fingerprint density at radius 3 is 2.91 bits per heavy atom. The third kappa shape index (κ3) is 3.58. The minimum atomic E-state index is -0.0327. The van der Waals surface area contributed by atoms with Crippen molar-refractivity contribution < 1.29 is 14.3 Å². The molecule has 2 aliphatic heterocycles. The molecule has 23 heavy (non-hydrogen) atoms. The van der Waals surface area contributed by atoms with Crippen LogP contribution in [0.25, 0.3) is 0 Å². The second kappa shape index (κ2) is 7.01. The Labute approximate surface area is 137 Å². The van der Waals surface area contributed by atoms with Gasteiger partial charge in [0.2, 0.25) is 0 Å². The van der Waals surface area contributed by atoms with Crippen LogP contribution in [0.5, 0.6) is 0 Å². The molecule has 1 amide bonds. The van der Waals surface area contributed by atoms with Crippen molar-refractivity contribution in [2.45, 2.75) is 37.7 Å². The van der Waals surface area contributed by atoms with Gasteiger partial charge >= 0.3 is 0 Å². The van der Waals surface area contributed by atoms with Gasteiger partial charge < -0.3 is 18.9 Å². The third-order valence-corrected chi connectivity index (χ3v) is 5.30. The van der Waals surface area contributed by atoms with E-state index in [2.05, 4.69) is 4.98 Å². The molecule has 1 aromatic heterocycles. The lowest BCUT2D eigenvalue weighted by molar-refractivity contribution is -0.125. The van der Waals surface area contributed by atoms with Crippen LogP contribution >= 0.6 is 0 Å². The highest BCUT2D eigenvalue weighted by molar-refractivity contribution is 5.90. The molecule has 3 heterocycles. The number of piperidine rings is 1. The predicted octanol–water partition coefficient (Wildman–Crippen LogP) is 1.86. The summed E-state index contributed by atoms with van der Waals surface area (Å²) in [6.45, 7) is 3.16. The number of carbonyl (C=O) groups excluding carboxylic acids is 1. The Morgan fingerprint density at radius 2 is 2.26 bits per heavy atom. The number of imidazole rings is 1. The Balaban J connectivity index is 1.57. The summed E-state index contributed by atoms with van der Waals surface area (Å²) in [4.78, 5) is 18.6. The van der Waals surface area contributed by atoms with Gasteiger partial charge in [-0.1, -0.05) is 0 Å². The summed E-state index contributed by atoms with van der Waals surface area (Å²) in [6.07, 6.45) is 8.66. The second-order valence-electron chi connectivity index (χ2n) is 6.83. The lowest BCUT2D eigenvalue weighted by atomic mass is 9.78. The van der Waals surface area contributed by atoms with Crippen molar-refractivity contribution in [1.29, 1.82) is 0 Å². The van der Waals surface area contributed by atoms with Crippen molar-refractivity contribution in [1.82, 2.24) is 14.5 Å². The van der Waals surface area contributed by atoms with Crippen LogP contribution in [0.3, 0.4) is 0 Å². The molecule has 0 saturated carbocycles. The summed E-state index contributed by atoms with van der Waals surface area (Å²) in [5, 5.41) is 0. The molecule has 2 saturated heterocycles. The third-order valence-electron chi connectivity index (χ3n) is 5.30. The van der Waals surface area contributed by atoms with Gasteiger partial charge in [0.1, 0.15) is 0 Å². The van der Waals surface area contributed by atoms with E-state index in [4.69, 9.17) is 9.47 Å². The van der Waals surface area contributed by atoms with E-state index < -0.39 is 0 Å². The first kappa shape index (κ1) is 16.5. The molecule has 128 valence electrons. The zero-order valence-corrected chi connectivity index (χ0v) is 14.2. The van der Waals surface area contributed by atoms with Crippen molar-refractivity contribution in [3.63, 3.8) is 0 Å². The van der Waals surface area contributed by atoms with Crippen molar-refractivity contribution in [3.05, 3.63) is 18.2 Å². The molecule has 1 spiro atoms. The molecule has 2 fully saturated rings. The molecule has 2 aliphatic rings. The number of rotatable bonds is 4. The lowest BCUT2D eigenvalue weighted by Crippen LogP contribution is -2.51. The molecule has 0 aromatic carbocycles. The topological polar surface area (TPSA) is 56.6 Å². The van der Waals surface area contributed by atoms with Gasteiger partial charge in [-0.15, -0.1) is 0 Å². The first-order valence-electron chi connectivity index (χ1n) is 8.53. The molecule has 0 bridgehead atoms. The predicted molar refractivity (Wildman–Crippen MR) is 86.2 cm³/mol. The van der Waals surface area contributed by atoms with Crippen LogP contribution in [0.15, 0.2) is 12.4 Å². The second-order valence-corrected chi connectivity index (χ2v) is 6.83. The van der Waals surface area contributed by atoms with Gasteiger partial charge in [0, 0.05) is 52.9 Å². The highest BCUT2D eigenvalue weighted by atomic mass is 16.5. The van der Waals surface area contributed by atoms with Crippen LogP contribution in [0.1, 0.15) is 42.7 Å². The fourth-order valence-electron chi connectivity index (χ4n) is 3.84. The Bertz CT molecular complexity index is 535. The minimum Gasteiger partial charge on any atom is -0.385 e. The zero-order valence-electron chi connectivity index (χ0n) is 14.2. The van der Waals surface area contributed by atoms with Crippen LogP contribution in [0.4, 0.5) is 0 Å². The van der Waals surface area contributed by atoms with Gasteiger partial charge in [0.25, 0.3) is 5.91 Å². The zero-order chi connectivity index (χ0) is 16.3. The van der Waals surface area contributed by atoms with Crippen molar-refractivity contribution >= 4 is 5.91 Å². The molecule has 0 N–H and O–H groups in total. The molecular formula is C17H27N3O3. The number of methoxy groups -OCH3 is 1. The number of aryl methyl sites for hydroxylation is 1. The number of nitrogens with zero attached hydrogens (tertiary/aromatic N) is 3. The maximum atomic E-state index is 12.5. The minimum absolute atomic E-state index is 0.0269. The Hall–Kier alpha value is -1.40. The summed E-state index contributed by atoms with van der Waals surface area (Å²) in [7, 11) is 3.62. The van der Waals surface area contributed by atoms with E-state index in [0.717, 1.165) is 58.4 Å². The molecule has 0 aliphatic carbocycles. The molecule has 6 heteroatoms. The van der Waals surface area contributed by atoms with Gasteiger partial charge in [-0.25, -0.2) is 4.98 Å². The summed E-state index contributed by atoms with van der Waals surface area (Å²) < 4.78 is 13.2. The highest BCUT2D eigenvalue weighted by Crippen LogP contribution is 2.38. The van der Waals surface area contributed by atoms with E-state index in [-0.39, 0.29) is 11.5 Å². The van der Waals surface area contributed by atoms with Gasteiger partial charge in [-0.2, -0.15) is 0 Å². The van der Waals surface area contributed by atoms with E-state index in [0.29, 0.717) is 11.7 Å². The number of aromatic nitrogens is 2. The molecule has 1 atom stereocenters.